The Morgan fingerprint density at radius 2 is 1.37 bits per heavy atom. The molecule has 0 aliphatic carbocycles. The number of hydrogen-bond donors (Lipinski definition) is 5. The summed E-state index contributed by atoms with van der Waals surface area (Å²) in [5.74, 6) is -1.70. The van der Waals surface area contributed by atoms with Gasteiger partial charge < -0.3 is 35.8 Å². The van der Waals surface area contributed by atoms with Gasteiger partial charge in [0.2, 0.25) is 11.8 Å². The van der Waals surface area contributed by atoms with Gasteiger partial charge in [-0.2, -0.15) is 0 Å². The second-order valence-corrected chi connectivity index (χ2v) is 13.2. The SMILES string of the molecule is CCN(CC)CC(O)CNC(=O)[C@@H](NC(=O)[C@@H](Cc1ccccc1)C[C@H](O)[C@H](Cc1ccccc1)NC(=O)OC(C)(C)C)C(C)C. The van der Waals surface area contributed by atoms with Crippen molar-refractivity contribution in [2.24, 2.45) is 11.8 Å². The molecule has 0 heterocycles. The van der Waals surface area contributed by atoms with E-state index in [0.717, 1.165) is 24.2 Å². The van der Waals surface area contributed by atoms with Gasteiger partial charge in [0.15, 0.2) is 0 Å². The molecule has 0 fully saturated rings. The van der Waals surface area contributed by atoms with Crippen LogP contribution in [-0.2, 0) is 27.2 Å². The van der Waals surface area contributed by atoms with E-state index >= 15 is 0 Å². The quantitative estimate of drug-likeness (QED) is 0.167. The average Bonchev–Trinajstić information content (AvgIpc) is 3.00. The molecule has 0 aromatic heterocycles. The number of rotatable bonds is 18. The Hall–Kier alpha value is -3.47. The van der Waals surface area contributed by atoms with Crippen molar-refractivity contribution in [2.45, 2.75) is 97.6 Å². The minimum atomic E-state index is -1.10. The zero-order valence-electron chi connectivity index (χ0n) is 28.7. The van der Waals surface area contributed by atoms with Gasteiger partial charge in [0.25, 0.3) is 0 Å². The maximum Gasteiger partial charge on any atom is 0.407 e. The molecule has 0 aliphatic heterocycles. The summed E-state index contributed by atoms with van der Waals surface area (Å²) >= 11 is 0. The molecule has 46 heavy (non-hydrogen) atoms. The zero-order valence-corrected chi connectivity index (χ0v) is 28.7. The first-order valence-electron chi connectivity index (χ1n) is 16.5. The summed E-state index contributed by atoms with van der Waals surface area (Å²) in [6, 6.07) is 17.4. The number of aliphatic hydroxyl groups excluding tert-OH is 2. The van der Waals surface area contributed by atoms with E-state index in [9.17, 15) is 24.6 Å². The molecule has 256 valence electrons. The van der Waals surface area contributed by atoms with Crippen LogP contribution in [0.5, 0.6) is 0 Å². The van der Waals surface area contributed by atoms with E-state index in [1.807, 2.05) is 88.4 Å². The molecule has 0 radical (unpaired) electrons. The van der Waals surface area contributed by atoms with Crippen LogP contribution in [0.2, 0.25) is 0 Å². The van der Waals surface area contributed by atoms with Gasteiger partial charge in [0.1, 0.15) is 11.6 Å². The predicted molar refractivity (Wildman–Crippen MR) is 181 cm³/mol. The number of likely N-dealkylation sites (N-methyl/N-ethyl adjacent to an activating group) is 1. The zero-order chi connectivity index (χ0) is 34.3. The first-order chi connectivity index (χ1) is 21.7. The smallest absolute Gasteiger partial charge is 0.407 e. The van der Waals surface area contributed by atoms with E-state index in [-0.39, 0.29) is 30.7 Å². The number of hydrogen-bond acceptors (Lipinski definition) is 7. The number of nitrogens with one attached hydrogen (secondary N) is 3. The Kier molecular flexibility index (Phi) is 16.2. The lowest BCUT2D eigenvalue weighted by Gasteiger charge is -2.30. The van der Waals surface area contributed by atoms with Gasteiger partial charge in [-0.15, -0.1) is 0 Å². The summed E-state index contributed by atoms with van der Waals surface area (Å²) in [6.45, 7) is 15.1. The lowest BCUT2D eigenvalue weighted by atomic mass is 9.88. The number of ether oxygens (including phenoxy) is 1. The molecule has 1 unspecified atom stereocenters. The molecule has 2 aromatic carbocycles. The van der Waals surface area contributed by atoms with Crippen LogP contribution in [0.4, 0.5) is 4.79 Å². The molecule has 0 saturated heterocycles. The van der Waals surface area contributed by atoms with Crippen molar-refractivity contribution in [1.82, 2.24) is 20.9 Å². The third-order valence-electron chi connectivity index (χ3n) is 7.81. The molecule has 0 saturated carbocycles. The first kappa shape index (κ1) is 38.7. The third-order valence-corrected chi connectivity index (χ3v) is 7.81. The highest BCUT2D eigenvalue weighted by Gasteiger charge is 2.33. The van der Waals surface area contributed by atoms with Crippen LogP contribution in [0, 0.1) is 11.8 Å². The highest BCUT2D eigenvalue weighted by molar-refractivity contribution is 5.88. The maximum atomic E-state index is 13.9. The largest absolute Gasteiger partial charge is 0.444 e. The second-order valence-electron chi connectivity index (χ2n) is 13.2. The van der Waals surface area contributed by atoms with Crippen molar-refractivity contribution in [3.05, 3.63) is 71.8 Å². The van der Waals surface area contributed by atoms with Gasteiger partial charge in [0.05, 0.1) is 18.2 Å². The molecule has 2 rings (SSSR count). The minimum Gasteiger partial charge on any atom is -0.444 e. The Balaban J connectivity index is 2.25. The fourth-order valence-electron chi connectivity index (χ4n) is 5.23. The molecule has 2 aromatic rings. The van der Waals surface area contributed by atoms with Crippen LogP contribution in [0.25, 0.3) is 0 Å². The van der Waals surface area contributed by atoms with Gasteiger partial charge >= 0.3 is 6.09 Å². The summed E-state index contributed by atoms with van der Waals surface area (Å²) in [4.78, 5) is 42.0. The van der Waals surface area contributed by atoms with Gasteiger partial charge in [-0.25, -0.2) is 4.79 Å². The molecule has 3 amide bonds. The van der Waals surface area contributed by atoms with E-state index in [2.05, 4.69) is 20.9 Å². The van der Waals surface area contributed by atoms with Crippen LogP contribution >= 0.6 is 0 Å². The molecule has 0 spiro atoms. The molecule has 5 atom stereocenters. The number of benzene rings is 2. The number of carbonyl (C=O) groups is 3. The molecule has 0 bridgehead atoms. The lowest BCUT2D eigenvalue weighted by Crippen LogP contribution is -2.54. The van der Waals surface area contributed by atoms with Crippen LogP contribution in [-0.4, -0.2) is 89.1 Å². The Bertz CT molecular complexity index is 1180. The first-order valence-corrected chi connectivity index (χ1v) is 16.5. The number of alkyl carbamates (subject to hydrolysis) is 1. The molecule has 10 heteroatoms. The fourth-order valence-corrected chi connectivity index (χ4v) is 5.23. The van der Waals surface area contributed by atoms with E-state index in [0.29, 0.717) is 19.4 Å². The van der Waals surface area contributed by atoms with Crippen LogP contribution in [0.3, 0.4) is 0 Å². The third kappa shape index (κ3) is 14.3. The van der Waals surface area contributed by atoms with E-state index < -0.39 is 41.9 Å². The summed E-state index contributed by atoms with van der Waals surface area (Å²) in [5.41, 5.74) is 1.08. The average molecular weight is 641 g/mol. The molecule has 10 nitrogen and oxygen atoms in total. The Morgan fingerprint density at radius 1 is 0.826 bits per heavy atom. The monoisotopic (exact) mass is 640 g/mol. The Labute approximate surface area is 275 Å². The van der Waals surface area contributed by atoms with E-state index in [4.69, 9.17) is 4.74 Å². The van der Waals surface area contributed by atoms with Gasteiger partial charge in [-0.1, -0.05) is 88.4 Å². The number of aliphatic hydroxyl groups is 2. The number of carbonyl (C=O) groups excluding carboxylic acids is 3. The molecule has 0 aliphatic rings. The summed E-state index contributed by atoms with van der Waals surface area (Å²) in [7, 11) is 0. The topological polar surface area (TPSA) is 140 Å². The van der Waals surface area contributed by atoms with Crippen molar-refractivity contribution in [3.8, 4) is 0 Å². The highest BCUT2D eigenvalue weighted by atomic mass is 16.6. The maximum absolute atomic E-state index is 13.9. The van der Waals surface area contributed by atoms with E-state index in [1.165, 1.54) is 0 Å². The summed E-state index contributed by atoms with van der Waals surface area (Å²) in [6.07, 6.45) is -1.82. The van der Waals surface area contributed by atoms with Crippen molar-refractivity contribution in [3.63, 3.8) is 0 Å². The summed E-state index contributed by atoms with van der Waals surface area (Å²) < 4.78 is 5.48. The minimum absolute atomic E-state index is 0.0308. The van der Waals surface area contributed by atoms with Gasteiger partial charge in [0, 0.05) is 19.0 Å². The fraction of sp³-hybridized carbons (Fsp3) is 0.583. The standard InChI is InChI=1S/C36H56N4O6/c1-8-40(9-2)24-29(41)23-37-34(44)32(25(3)4)39-33(43)28(20-26-16-12-10-13-17-26)22-31(42)30(21-27-18-14-11-15-19-27)38-35(45)46-36(5,6)7/h10-19,25,28-32,41-42H,8-9,20-24H2,1-7H3,(H,37,44)(H,38,45)(H,39,43)/t28-,29?,30-,31-,32-/m0/s1. The number of amides is 3. The number of nitrogens with zero attached hydrogens (tertiary/aromatic N) is 1. The predicted octanol–water partition coefficient (Wildman–Crippen LogP) is 3.69. The normalized spacial score (nSPS) is 15.0. The van der Waals surface area contributed by atoms with Crippen LogP contribution < -0.4 is 16.0 Å². The van der Waals surface area contributed by atoms with Crippen LogP contribution in [0.15, 0.2) is 60.7 Å². The molecular weight excluding hydrogens is 584 g/mol. The van der Waals surface area contributed by atoms with E-state index in [1.54, 1.807) is 20.8 Å². The molecule has 5 N–H and O–H groups in total. The van der Waals surface area contributed by atoms with Crippen molar-refractivity contribution in [1.29, 1.82) is 0 Å². The molecular formula is C36H56N4O6. The van der Waals surface area contributed by atoms with Gasteiger partial charge in [-0.05, 0) is 70.2 Å². The van der Waals surface area contributed by atoms with Gasteiger partial charge in [-0.3, -0.25) is 9.59 Å². The Morgan fingerprint density at radius 3 is 1.87 bits per heavy atom. The van der Waals surface area contributed by atoms with Crippen molar-refractivity contribution in [2.75, 3.05) is 26.2 Å². The second kappa shape index (κ2) is 19.3. The highest BCUT2D eigenvalue weighted by Crippen LogP contribution is 2.20. The van der Waals surface area contributed by atoms with Crippen LogP contribution in [0.1, 0.15) is 66.0 Å². The van der Waals surface area contributed by atoms with Crippen molar-refractivity contribution < 1.29 is 29.3 Å². The van der Waals surface area contributed by atoms with Crippen molar-refractivity contribution >= 4 is 17.9 Å². The lowest BCUT2D eigenvalue weighted by molar-refractivity contribution is -0.133. The summed E-state index contributed by atoms with van der Waals surface area (Å²) in [5, 5.41) is 30.6.